The smallest absolute Gasteiger partial charge is 0.335 e. The molecule has 1 amide bonds. The summed E-state index contributed by atoms with van der Waals surface area (Å²) >= 11 is 6.44. The van der Waals surface area contributed by atoms with Crippen LogP contribution in [0.1, 0.15) is 39.0 Å². The van der Waals surface area contributed by atoms with Gasteiger partial charge < -0.3 is 19.0 Å². The maximum Gasteiger partial charge on any atom is 0.335 e. The van der Waals surface area contributed by atoms with Crippen LogP contribution in [-0.4, -0.2) is 29.8 Å². The number of nitrogens with one attached hydrogen (secondary N) is 1. The van der Waals surface area contributed by atoms with E-state index in [0.29, 0.717) is 34.8 Å². The topological polar surface area (TPSA) is 110 Å². The van der Waals surface area contributed by atoms with E-state index in [9.17, 15) is 9.59 Å². The van der Waals surface area contributed by atoms with Crippen molar-refractivity contribution in [3.05, 3.63) is 94.2 Å². The summed E-state index contributed by atoms with van der Waals surface area (Å²) in [6.45, 7) is 2.29. The summed E-state index contributed by atoms with van der Waals surface area (Å²) in [6, 6.07) is 18.7. The van der Waals surface area contributed by atoms with E-state index in [1.54, 1.807) is 36.4 Å². The summed E-state index contributed by atoms with van der Waals surface area (Å²) in [6.07, 6.45) is 1.43. The normalized spacial score (nSPS) is 11.0. The minimum Gasteiger partial charge on any atom is -0.490 e. The van der Waals surface area contributed by atoms with Gasteiger partial charge in [0, 0.05) is 5.39 Å². The molecule has 8 nitrogen and oxygen atoms in total. The van der Waals surface area contributed by atoms with E-state index in [1.165, 1.54) is 18.3 Å². The number of carbonyl (C=O) groups excluding carboxylic acids is 1. The second kappa shape index (κ2) is 10.8. The first kappa shape index (κ1) is 23.8. The average Bonchev–Trinajstić information content (AvgIpc) is 3.28. The molecule has 0 fully saturated rings. The monoisotopic (exact) mass is 492 g/mol. The van der Waals surface area contributed by atoms with Gasteiger partial charge in [0.1, 0.15) is 12.2 Å². The molecule has 0 saturated heterocycles. The molecule has 0 radical (unpaired) electrons. The van der Waals surface area contributed by atoms with Crippen LogP contribution in [0.4, 0.5) is 0 Å². The summed E-state index contributed by atoms with van der Waals surface area (Å²) in [5.74, 6) is -0.655. The third kappa shape index (κ3) is 5.80. The van der Waals surface area contributed by atoms with Crippen LogP contribution in [-0.2, 0) is 6.61 Å². The third-order valence-corrected chi connectivity index (χ3v) is 5.20. The van der Waals surface area contributed by atoms with Gasteiger partial charge in [-0.15, -0.1) is 0 Å². The van der Waals surface area contributed by atoms with Gasteiger partial charge in [0.05, 0.1) is 23.4 Å². The number of fused-ring (bicyclic) bond motifs is 1. The molecule has 1 heterocycles. The Bertz CT molecular complexity index is 1380. The van der Waals surface area contributed by atoms with E-state index >= 15 is 0 Å². The van der Waals surface area contributed by atoms with E-state index in [-0.39, 0.29) is 23.0 Å². The molecule has 0 bridgehead atoms. The molecule has 0 saturated carbocycles. The molecule has 0 aliphatic carbocycles. The molecule has 0 aliphatic rings. The number of halogens is 1. The maximum atomic E-state index is 12.4. The van der Waals surface area contributed by atoms with E-state index in [0.717, 1.165) is 5.39 Å². The van der Waals surface area contributed by atoms with Crippen molar-refractivity contribution in [3.8, 4) is 11.5 Å². The lowest BCUT2D eigenvalue weighted by Crippen LogP contribution is -2.16. The van der Waals surface area contributed by atoms with Gasteiger partial charge in [-0.3, -0.25) is 4.79 Å². The molecule has 4 aromatic rings. The number of ether oxygens (including phenoxy) is 2. The largest absolute Gasteiger partial charge is 0.490 e. The first-order valence-electron chi connectivity index (χ1n) is 10.7. The van der Waals surface area contributed by atoms with E-state index in [2.05, 4.69) is 10.5 Å². The van der Waals surface area contributed by atoms with Crippen LogP contribution < -0.4 is 14.9 Å². The van der Waals surface area contributed by atoms with Crippen molar-refractivity contribution in [2.45, 2.75) is 13.5 Å². The number of rotatable bonds is 9. The summed E-state index contributed by atoms with van der Waals surface area (Å²) in [4.78, 5) is 23.5. The zero-order chi connectivity index (χ0) is 24.8. The van der Waals surface area contributed by atoms with Gasteiger partial charge >= 0.3 is 11.9 Å². The van der Waals surface area contributed by atoms with Crippen LogP contribution >= 0.6 is 11.6 Å². The Kier molecular flexibility index (Phi) is 7.32. The number of aromatic carboxylic acids is 1. The number of furan rings is 1. The summed E-state index contributed by atoms with van der Waals surface area (Å²) < 4.78 is 17.0. The fourth-order valence-corrected chi connectivity index (χ4v) is 3.60. The highest BCUT2D eigenvalue weighted by Gasteiger charge is 2.14. The second-order valence-corrected chi connectivity index (χ2v) is 7.81. The number of hydrazone groups is 1. The summed E-state index contributed by atoms with van der Waals surface area (Å²) in [5.41, 5.74) is 4.45. The fourth-order valence-electron chi connectivity index (χ4n) is 3.33. The Morgan fingerprint density at radius 1 is 1.09 bits per heavy atom. The molecule has 0 spiro atoms. The summed E-state index contributed by atoms with van der Waals surface area (Å²) in [5, 5.41) is 14.2. The molecule has 9 heteroatoms. The first-order chi connectivity index (χ1) is 16.9. The molecule has 0 atom stereocenters. The number of hydrogen-bond acceptors (Lipinski definition) is 6. The predicted octanol–water partition coefficient (Wildman–Crippen LogP) is 5.53. The van der Waals surface area contributed by atoms with Crippen LogP contribution in [0, 0.1) is 0 Å². The standard InChI is InChI=1S/C26H21ClN2O6/c1-2-33-22-12-17(14-28-29-25(30)23-13-18-7-3-4-9-21(18)35-23)11-20(27)24(22)34-15-16-6-5-8-19(10-16)26(31)32/h3-14H,2,15H2,1H3,(H,29,30)(H,31,32)/b28-14+. The van der Waals surface area contributed by atoms with Crippen LogP contribution in [0.2, 0.25) is 5.02 Å². The molecular weight excluding hydrogens is 472 g/mol. The third-order valence-electron chi connectivity index (χ3n) is 4.92. The molecule has 4 rings (SSSR count). The lowest BCUT2D eigenvalue weighted by atomic mass is 10.1. The number of carbonyl (C=O) groups is 2. The molecule has 178 valence electrons. The van der Waals surface area contributed by atoms with Gasteiger partial charge in [0.15, 0.2) is 17.3 Å². The van der Waals surface area contributed by atoms with Crippen molar-refractivity contribution in [3.63, 3.8) is 0 Å². The highest BCUT2D eigenvalue weighted by atomic mass is 35.5. The van der Waals surface area contributed by atoms with Gasteiger partial charge in [-0.25, -0.2) is 10.2 Å². The number of carboxylic acids is 1. The van der Waals surface area contributed by atoms with E-state index in [1.807, 2.05) is 25.1 Å². The zero-order valence-corrected chi connectivity index (χ0v) is 19.4. The number of amides is 1. The molecule has 0 aliphatic heterocycles. The average molecular weight is 493 g/mol. The highest BCUT2D eigenvalue weighted by Crippen LogP contribution is 2.37. The minimum absolute atomic E-state index is 0.0991. The van der Waals surface area contributed by atoms with Crippen molar-refractivity contribution in [2.24, 2.45) is 5.10 Å². The Hall–Kier alpha value is -4.30. The Balaban J connectivity index is 1.46. The minimum atomic E-state index is -1.02. The molecular formula is C26H21ClN2O6. The Labute approximate surface area is 205 Å². The van der Waals surface area contributed by atoms with E-state index in [4.69, 9.17) is 30.6 Å². The molecule has 35 heavy (non-hydrogen) atoms. The van der Waals surface area contributed by atoms with Crippen molar-refractivity contribution < 1.29 is 28.6 Å². The SMILES string of the molecule is CCOc1cc(/C=N/NC(=O)c2cc3ccccc3o2)cc(Cl)c1OCc1cccc(C(=O)O)c1. The Morgan fingerprint density at radius 3 is 2.69 bits per heavy atom. The van der Waals surface area contributed by atoms with Crippen LogP contribution in [0.25, 0.3) is 11.0 Å². The van der Waals surface area contributed by atoms with Crippen LogP contribution in [0.3, 0.4) is 0 Å². The van der Waals surface area contributed by atoms with Crippen molar-refractivity contribution in [1.82, 2.24) is 5.43 Å². The molecule has 3 aromatic carbocycles. The fraction of sp³-hybridized carbons (Fsp3) is 0.115. The van der Waals surface area contributed by atoms with Gasteiger partial charge in [0.2, 0.25) is 0 Å². The summed E-state index contributed by atoms with van der Waals surface area (Å²) in [7, 11) is 0. The van der Waals surface area contributed by atoms with Gasteiger partial charge in [-0.05, 0) is 54.4 Å². The van der Waals surface area contributed by atoms with E-state index < -0.39 is 11.9 Å². The van der Waals surface area contributed by atoms with Crippen molar-refractivity contribution in [2.75, 3.05) is 6.61 Å². The lowest BCUT2D eigenvalue weighted by molar-refractivity contribution is 0.0696. The number of nitrogens with zero attached hydrogens (tertiary/aromatic N) is 1. The van der Waals surface area contributed by atoms with Crippen LogP contribution in [0.15, 0.2) is 76.2 Å². The quantitative estimate of drug-likeness (QED) is 0.235. The number of hydrogen-bond donors (Lipinski definition) is 2. The predicted molar refractivity (Wildman–Crippen MR) is 132 cm³/mol. The van der Waals surface area contributed by atoms with Crippen LogP contribution in [0.5, 0.6) is 11.5 Å². The molecule has 2 N–H and O–H groups in total. The maximum absolute atomic E-state index is 12.4. The van der Waals surface area contributed by atoms with Crippen molar-refractivity contribution >= 4 is 40.7 Å². The highest BCUT2D eigenvalue weighted by molar-refractivity contribution is 6.32. The zero-order valence-electron chi connectivity index (χ0n) is 18.7. The molecule has 1 aromatic heterocycles. The Morgan fingerprint density at radius 2 is 1.91 bits per heavy atom. The lowest BCUT2D eigenvalue weighted by Gasteiger charge is -2.14. The van der Waals surface area contributed by atoms with Gasteiger partial charge in [-0.2, -0.15) is 5.10 Å². The number of carboxylic acid groups (broad SMARTS) is 1. The van der Waals surface area contributed by atoms with Gasteiger partial charge in [-0.1, -0.05) is 41.9 Å². The van der Waals surface area contributed by atoms with Gasteiger partial charge in [0.25, 0.3) is 0 Å². The number of para-hydroxylation sites is 1. The van der Waals surface area contributed by atoms with Crippen molar-refractivity contribution in [1.29, 1.82) is 0 Å². The molecule has 0 unspecified atom stereocenters. The number of benzene rings is 3. The first-order valence-corrected chi connectivity index (χ1v) is 11.1. The second-order valence-electron chi connectivity index (χ2n) is 7.40.